The molecule has 0 amide bonds. The van der Waals surface area contributed by atoms with Crippen LogP contribution in [0, 0.1) is 13.8 Å². The van der Waals surface area contributed by atoms with Crippen molar-refractivity contribution >= 4 is 69.7 Å². The number of hydrogen-bond acceptors (Lipinski definition) is 4. The Bertz CT molecular complexity index is 1110. The van der Waals surface area contributed by atoms with E-state index >= 15 is 0 Å². The number of nitrogens with one attached hydrogen (secondary N) is 3. The maximum Gasteiger partial charge on any atom is 0.229 e. The van der Waals surface area contributed by atoms with Crippen LogP contribution >= 0.6 is 47.0 Å². The molecule has 2 aromatic carbocycles. The summed E-state index contributed by atoms with van der Waals surface area (Å²) in [5.41, 5.74) is 3.42. The van der Waals surface area contributed by atoms with E-state index in [0.717, 1.165) is 23.4 Å². The third kappa shape index (κ3) is 7.60. The molecule has 1 heterocycles. The number of guanidine groups is 1. The Hall–Kier alpha value is -2.45. The molecule has 6 nitrogen and oxygen atoms in total. The normalized spacial score (nSPS) is 11.2. The molecule has 10 heteroatoms. The maximum absolute atomic E-state index is 6.23. The first-order valence-corrected chi connectivity index (χ1v) is 11.2. The fraction of sp³-hybridized carbons (Fsp3) is 0.182. The summed E-state index contributed by atoms with van der Waals surface area (Å²) in [6.07, 6.45) is 0.723. The zero-order valence-electron chi connectivity index (χ0n) is 17.4. The number of anilines is 2. The molecule has 0 saturated heterocycles. The first-order valence-electron chi connectivity index (χ1n) is 9.70. The number of benzene rings is 2. The largest absolute Gasteiger partial charge is 0.331 e. The lowest BCUT2D eigenvalue weighted by Gasteiger charge is -2.15. The first kappa shape index (κ1) is 24.2. The van der Waals surface area contributed by atoms with Crippen LogP contribution < -0.4 is 16.0 Å². The van der Waals surface area contributed by atoms with Gasteiger partial charge in [0.2, 0.25) is 11.9 Å². The summed E-state index contributed by atoms with van der Waals surface area (Å²) < 4.78 is 0. The predicted molar refractivity (Wildman–Crippen MR) is 138 cm³/mol. The number of rotatable bonds is 5. The Morgan fingerprint density at radius 1 is 0.906 bits per heavy atom. The predicted octanol–water partition coefficient (Wildman–Crippen LogP) is 6.05. The summed E-state index contributed by atoms with van der Waals surface area (Å²) in [6, 6.07) is 14.7. The van der Waals surface area contributed by atoms with E-state index in [-0.39, 0.29) is 0 Å². The SMILES string of the molecule is Cc1cc(C)nc(NC(=NCCc2ccc(Cl)cc2)NC(=S)Nc2ccc(Cl)cc2Cl)n1. The van der Waals surface area contributed by atoms with Crippen LogP contribution in [0.1, 0.15) is 17.0 Å². The van der Waals surface area contributed by atoms with Crippen molar-refractivity contribution in [3.05, 3.63) is 80.6 Å². The second kappa shape index (κ2) is 11.4. The van der Waals surface area contributed by atoms with E-state index in [0.29, 0.717) is 44.3 Å². The fourth-order valence-corrected chi connectivity index (χ4v) is 3.59. The minimum Gasteiger partial charge on any atom is -0.331 e. The molecule has 166 valence electrons. The molecule has 0 saturated carbocycles. The quantitative estimate of drug-likeness (QED) is 0.222. The topological polar surface area (TPSA) is 74.2 Å². The van der Waals surface area contributed by atoms with Gasteiger partial charge >= 0.3 is 0 Å². The molecule has 0 radical (unpaired) electrons. The van der Waals surface area contributed by atoms with Gasteiger partial charge in [-0.3, -0.25) is 10.3 Å². The van der Waals surface area contributed by atoms with Gasteiger partial charge in [-0.15, -0.1) is 0 Å². The molecule has 0 aliphatic heterocycles. The van der Waals surface area contributed by atoms with Gasteiger partial charge in [0.25, 0.3) is 0 Å². The van der Waals surface area contributed by atoms with Gasteiger partial charge in [0.15, 0.2) is 5.11 Å². The van der Waals surface area contributed by atoms with E-state index in [9.17, 15) is 0 Å². The molecule has 0 aliphatic carbocycles. The zero-order valence-corrected chi connectivity index (χ0v) is 20.5. The molecule has 32 heavy (non-hydrogen) atoms. The summed E-state index contributed by atoms with van der Waals surface area (Å²) in [6.45, 7) is 4.31. The van der Waals surface area contributed by atoms with Gasteiger partial charge < -0.3 is 10.6 Å². The lowest BCUT2D eigenvalue weighted by molar-refractivity contribution is 0.956. The highest BCUT2D eigenvalue weighted by molar-refractivity contribution is 7.80. The molecule has 0 unspecified atom stereocenters. The average Bonchev–Trinajstić information content (AvgIpc) is 2.71. The van der Waals surface area contributed by atoms with Crippen molar-refractivity contribution in [2.24, 2.45) is 4.99 Å². The lowest BCUT2D eigenvalue weighted by Crippen LogP contribution is -2.39. The molecule has 3 N–H and O–H groups in total. The lowest BCUT2D eigenvalue weighted by atomic mass is 10.1. The summed E-state index contributed by atoms with van der Waals surface area (Å²) in [5.74, 6) is 0.833. The molecule has 0 aliphatic rings. The van der Waals surface area contributed by atoms with Crippen LogP contribution in [0.3, 0.4) is 0 Å². The van der Waals surface area contributed by atoms with Crippen molar-refractivity contribution in [1.82, 2.24) is 15.3 Å². The number of aliphatic imine (C=N–C) groups is 1. The average molecular weight is 508 g/mol. The van der Waals surface area contributed by atoms with Gasteiger partial charge in [0.1, 0.15) is 0 Å². The Morgan fingerprint density at radius 2 is 1.56 bits per heavy atom. The molecule has 0 atom stereocenters. The molecule has 0 spiro atoms. The first-order chi connectivity index (χ1) is 15.3. The van der Waals surface area contributed by atoms with Crippen LogP contribution in [0.5, 0.6) is 0 Å². The summed E-state index contributed by atoms with van der Waals surface area (Å²) in [7, 11) is 0. The fourth-order valence-electron chi connectivity index (χ4n) is 2.80. The van der Waals surface area contributed by atoms with E-state index in [2.05, 4.69) is 30.9 Å². The van der Waals surface area contributed by atoms with Crippen LogP contribution in [0.15, 0.2) is 53.5 Å². The van der Waals surface area contributed by atoms with Crippen LogP contribution in [-0.2, 0) is 6.42 Å². The van der Waals surface area contributed by atoms with Crippen LogP contribution in [0.4, 0.5) is 11.6 Å². The van der Waals surface area contributed by atoms with Crippen LogP contribution in [0.25, 0.3) is 0 Å². The van der Waals surface area contributed by atoms with Gasteiger partial charge in [-0.1, -0.05) is 46.9 Å². The third-order valence-corrected chi connectivity index (χ3v) is 5.21. The van der Waals surface area contributed by atoms with E-state index < -0.39 is 0 Å². The number of aryl methyl sites for hydroxylation is 2. The van der Waals surface area contributed by atoms with Gasteiger partial charge in [0, 0.05) is 28.0 Å². The summed E-state index contributed by atoms with van der Waals surface area (Å²) >= 11 is 23.6. The summed E-state index contributed by atoms with van der Waals surface area (Å²) in [4.78, 5) is 13.4. The maximum atomic E-state index is 6.23. The number of thiocarbonyl (C=S) groups is 1. The van der Waals surface area contributed by atoms with Gasteiger partial charge in [0.05, 0.1) is 10.7 Å². The highest BCUT2D eigenvalue weighted by Crippen LogP contribution is 2.25. The van der Waals surface area contributed by atoms with E-state index in [4.69, 9.17) is 47.0 Å². The van der Waals surface area contributed by atoms with Crippen LogP contribution in [-0.4, -0.2) is 27.6 Å². The minimum atomic E-state index is 0.302. The van der Waals surface area contributed by atoms with Crippen molar-refractivity contribution in [3.63, 3.8) is 0 Å². The molecule has 3 aromatic rings. The zero-order chi connectivity index (χ0) is 23.1. The van der Waals surface area contributed by atoms with E-state index in [1.54, 1.807) is 18.2 Å². The van der Waals surface area contributed by atoms with Gasteiger partial charge in [-0.25, -0.2) is 9.97 Å². The van der Waals surface area contributed by atoms with Crippen molar-refractivity contribution in [3.8, 4) is 0 Å². The Morgan fingerprint density at radius 3 is 2.22 bits per heavy atom. The molecular weight excluding hydrogens is 487 g/mol. The standard InChI is InChI=1S/C22H21Cl3N6S/c1-13-11-14(2)28-21(27-13)30-20(26-10-9-15-3-5-16(23)6-4-15)31-22(32)29-19-8-7-17(24)12-18(19)25/h3-8,11-12H,9-10H2,1-2H3,(H3,26,27,28,29,30,31,32). The number of hydrogen-bond donors (Lipinski definition) is 3. The number of aromatic nitrogens is 2. The van der Waals surface area contributed by atoms with Gasteiger partial charge in [-0.2, -0.15) is 0 Å². The minimum absolute atomic E-state index is 0.302. The van der Waals surface area contributed by atoms with Crippen molar-refractivity contribution in [2.75, 3.05) is 17.2 Å². The van der Waals surface area contributed by atoms with Crippen molar-refractivity contribution in [1.29, 1.82) is 0 Å². The van der Waals surface area contributed by atoms with Gasteiger partial charge in [-0.05, 0) is 74.4 Å². The molecule has 3 rings (SSSR count). The van der Waals surface area contributed by atoms with Crippen molar-refractivity contribution in [2.45, 2.75) is 20.3 Å². The summed E-state index contributed by atoms with van der Waals surface area (Å²) in [5, 5.41) is 11.2. The second-order valence-electron chi connectivity index (χ2n) is 6.91. The number of halogens is 3. The van der Waals surface area contributed by atoms with Crippen molar-refractivity contribution < 1.29 is 0 Å². The van der Waals surface area contributed by atoms with E-state index in [1.807, 2.05) is 44.2 Å². The molecule has 0 fully saturated rings. The van der Waals surface area contributed by atoms with Crippen LogP contribution in [0.2, 0.25) is 15.1 Å². The van der Waals surface area contributed by atoms with E-state index in [1.165, 1.54) is 0 Å². The molecule has 0 bridgehead atoms. The third-order valence-electron chi connectivity index (χ3n) is 4.21. The monoisotopic (exact) mass is 506 g/mol. The molecular formula is C22H21Cl3N6S. The second-order valence-corrected chi connectivity index (χ2v) is 8.60. The highest BCUT2D eigenvalue weighted by Gasteiger charge is 2.09. The smallest absolute Gasteiger partial charge is 0.229 e. The number of nitrogens with zero attached hydrogens (tertiary/aromatic N) is 3. The Balaban J connectivity index is 1.73. The highest BCUT2D eigenvalue weighted by atomic mass is 35.5. The molecule has 1 aromatic heterocycles. The Kier molecular flexibility index (Phi) is 8.64. The Labute approximate surface area is 207 Å².